The zero-order valence-electron chi connectivity index (χ0n) is 12.6. The molecule has 0 spiro atoms. The van der Waals surface area contributed by atoms with Crippen molar-refractivity contribution in [3.05, 3.63) is 65.7 Å². The Morgan fingerprint density at radius 2 is 1.68 bits per heavy atom. The van der Waals surface area contributed by atoms with E-state index < -0.39 is 21.2 Å². The standard InChI is InChI=1S/C17H20O4S/c1-13(14-7-4-3-5-8-14)22(19,20)12-17(18)15-9-6-10-16(11-15)21-2/h3-11,13,17-18H,12H2,1-2H3. The first kappa shape index (κ1) is 16.5. The lowest BCUT2D eigenvalue weighted by molar-refractivity contribution is 0.201. The molecular formula is C17H20O4S. The van der Waals surface area contributed by atoms with Crippen molar-refractivity contribution >= 4 is 9.84 Å². The average molecular weight is 320 g/mol. The van der Waals surface area contributed by atoms with Gasteiger partial charge in [0, 0.05) is 0 Å². The van der Waals surface area contributed by atoms with Gasteiger partial charge < -0.3 is 9.84 Å². The van der Waals surface area contributed by atoms with Gasteiger partial charge in [-0.2, -0.15) is 0 Å². The molecule has 0 aliphatic rings. The highest BCUT2D eigenvalue weighted by Gasteiger charge is 2.26. The predicted molar refractivity (Wildman–Crippen MR) is 86.6 cm³/mol. The molecule has 22 heavy (non-hydrogen) atoms. The largest absolute Gasteiger partial charge is 0.497 e. The summed E-state index contributed by atoms with van der Waals surface area (Å²) in [6.07, 6.45) is -1.08. The van der Waals surface area contributed by atoms with Crippen molar-refractivity contribution in [1.29, 1.82) is 0 Å². The Morgan fingerprint density at radius 3 is 2.32 bits per heavy atom. The van der Waals surface area contributed by atoms with Crippen LogP contribution in [0.4, 0.5) is 0 Å². The van der Waals surface area contributed by atoms with E-state index in [1.807, 2.05) is 6.07 Å². The van der Waals surface area contributed by atoms with Gasteiger partial charge in [-0.1, -0.05) is 42.5 Å². The fourth-order valence-electron chi connectivity index (χ4n) is 2.24. The molecule has 0 saturated heterocycles. The number of sulfone groups is 1. The topological polar surface area (TPSA) is 63.6 Å². The summed E-state index contributed by atoms with van der Waals surface area (Å²) in [7, 11) is -1.94. The van der Waals surface area contributed by atoms with Crippen LogP contribution in [-0.4, -0.2) is 26.4 Å². The molecule has 2 aromatic carbocycles. The van der Waals surface area contributed by atoms with Crippen LogP contribution in [-0.2, 0) is 9.84 Å². The van der Waals surface area contributed by atoms with E-state index in [0.29, 0.717) is 11.3 Å². The molecular weight excluding hydrogens is 300 g/mol. The molecule has 4 nitrogen and oxygen atoms in total. The molecule has 0 bridgehead atoms. The number of ether oxygens (including phenoxy) is 1. The minimum Gasteiger partial charge on any atom is -0.497 e. The van der Waals surface area contributed by atoms with E-state index in [1.165, 1.54) is 7.11 Å². The second-order valence-corrected chi connectivity index (χ2v) is 7.54. The van der Waals surface area contributed by atoms with Gasteiger partial charge in [0.25, 0.3) is 0 Å². The van der Waals surface area contributed by atoms with Gasteiger partial charge in [0.05, 0.1) is 24.2 Å². The summed E-state index contributed by atoms with van der Waals surface area (Å²) in [6.45, 7) is 1.64. The molecule has 0 amide bonds. The van der Waals surface area contributed by atoms with Gasteiger partial charge >= 0.3 is 0 Å². The highest BCUT2D eigenvalue weighted by atomic mass is 32.2. The highest BCUT2D eigenvalue weighted by molar-refractivity contribution is 7.91. The van der Waals surface area contributed by atoms with Crippen molar-refractivity contribution in [3.63, 3.8) is 0 Å². The minimum atomic E-state index is -3.47. The quantitative estimate of drug-likeness (QED) is 0.889. The van der Waals surface area contributed by atoms with Gasteiger partial charge in [0.2, 0.25) is 0 Å². The second kappa shape index (κ2) is 6.94. The van der Waals surface area contributed by atoms with Crippen molar-refractivity contribution in [2.24, 2.45) is 0 Å². The van der Waals surface area contributed by atoms with Gasteiger partial charge in [-0.3, -0.25) is 0 Å². The molecule has 2 atom stereocenters. The Bertz CT molecular complexity index is 710. The SMILES string of the molecule is COc1cccc(C(O)CS(=O)(=O)C(C)c2ccccc2)c1. The summed E-state index contributed by atoms with van der Waals surface area (Å²) < 4.78 is 30.0. The van der Waals surface area contributed by atoms with Crippen molar-refractivity contribution in [2.75, 3.05) is 12.9 Å². The monoisotopic (exact) mass is 320 g/mol. The zero-order chi connectivity index (χ0) is 16.2. The van der Waals surface area contributed by atoms with Crippen LogP contribution >= 0.6 is 0 Å². The maximum absolute atomic E-state index is 12.5. The van der Waals surface area contributed by atoms with Crippen molar-refractivity contribution in [1.82, 2.24) is 0 Å². The molecule has 5 heteroatoms. The molecule has 2 aromatic rings. The Balaban J connectivity index is 2.17. The van der Waals surface area contributed by atoms with Crippen LogP contribution in [0, 0.1) is 0 Å². The fourth-order valence-corrected chi connectivity index (χ4v) is 3.73. The number of rotatable bonds is 6. The normalized spacial score (nSPS) is 14.3. The first-order chi connectivity index (χ1) is 10.4. The van der Waals surface area contributed by atoms with Gasteiger partial charge in [0.15, 0.2) is 9.84 Å². The summed E-state index contributed by atoms with van der Waals surface area (Å²) in [5, 5.41) is 9.58. The molecule has 0 aliphatic carbocycles. The first-order valence-electron chi connectivity index (χ1n) is 7.02. The molecule has 0 fully saturated rings. The Labute approximate surface area is 131 Å². The number of hydrogen-bond donors (Lipinski definition) is 1. The second-order valence-electron chi connectivity index (χ2n) is 5.17. The number of aliphatic hydroxyl groups is 1. The molecule has 0 saturated carbocycles. The average Bonchev–Trinajstić information content (AvgIpc) is 2.54. The van der Waals surface area contributed by atoms with Gasteiger partial charge in [-0.05, 0) is 30.2 Å². The van der Waals surface area contributed by atoms with Crippen LogP contribution < -0.4 is 4.74 Å². The van der Waals surface area contributed by atoms with Crippen LogP contribution in [0.25, 0.3) is 0 Å². The fraction of sp³-hybridized carbons (Fsp3) is 0.294. The lowest BCUT2D eigenvalue weighted by Gasteiger charge is -2.17. The third-order valence-corrected chi connectivity index (χ3v) is 5.81. The molecule has 0 radical (unpaired) electrons. The van der Waals surface area contributed by atoms with Crippen LogP contribution in [0.3, 0.4) is 0 Å². The third-order valence-electron chi connectivity index (χ3n) is 3.68. The highest BCUT2D eigenvalue weighted by Crippen LogP contribution is 2.27. The smallest absolute Gasteiger partial charge is 0.159 e. The minimum absolute atomic E-state index is 0.323. The van der Waals surface area contributed by atoms with E-state index in [1.54, 1.807) is 55.5 Å². The molecule has 2 rings (SSSR count). The van der Waals surface area contributed by atoms with Gasteiger partial charge in [0.1, 0.15) is 5.75 Å². The van der Waals surface area contributed by atoms with Crippen LogP contribution in [0.2, 0.25) is 0 Å². The van der Waals surface area contributed by atoms with Crippen LogP contribution in [0.1, 0.15) is 29.4 Å². The summed E-state index contributed by atoms with van der Waals surface area (Å²) in [6, 6.07) is 15.8. The molecule has 0 heterocycles. The number of aliphatic hydroxyl groups excluding tert-OH is 1. The lowest BCUT2D eigenvalue weighted by atomic mass is 10.1. The first-order valence-corrected chi connectivity index (χ1v) is 8.74. The number of hydrogen-bond acceptors (Lipinski definition) is 4. The van der Waals surface area contributed by atoms with E-state index in [0.717, 1.165) is 5.56 Å². The molecule has 0 aromatic heterocycles. The summed E-state index contributed by atoms with van der Waals surface area (Å²) in [4.78, 5) is 0. The van der Waals surface area contributed by atoms with Crippen molar-refractivity contribution < 1.29 is 18.3 Å². The Kier molecular flexibility index (Phi) is 5.21. The van der Waals surface area contributed by atoms with Gasteiger partial charge in [-0.15, -0.1) is 0 Å². The number of benzene rings is 2. The lowest BCUT2D eigenvalue weighted by Crippen LogP contribution is -2.19. The Morgan fingerprint density at radius 1 is 1.05 bits per heavy atom. The maximum atomic E-state index is 12.5. The van der Waals surface area contributed by atoms with E-state index in [2.05, 4.69) is 0 Å². The van der Waals surface area contributed by atoms with E-state index in [9.17, 15) is 13.5 Å². The predicted octanol–water partition coefficient (Wildman–Crippen LogP) is 2.90. The molecule has 0 aliphatic heterocycles. The van der Waals surface area contributed by atoms with E-state index >= 15 is 0 Å². The van der Waals surface area contributed by atoms with Crippen LogP contribution in [0.5, 0.6) is 5.75 Å². The molecule has 1 N–H and O–H groups in total. The summed E-state index contributed by atoms with van der Waals surface area (Å²) in [5.74, 6) is 0.265. The van der Waals surface area contributed by atoms with Gasteiger partial charge in [-0.25, -0.2) is 8.42 Å². The zero-order valence-corrected chi connectivity index (χ0v) is 13.5. The number of methoxy groups -OCH3 is 1. The molecule has 2 unspecified atom stereocenters. The summed E-state index contributed by atoms with van der Waals surface area (Å²) >= 11 is 0. The van der Waals surface area contributed by atoms with Crippen molar-refractivity contribution in [3.8, 4) is 5.75 Å². The van der Waals surface area contributed by atoms with Crippen LogP contribution in [0.15, 0.2) is 54.6 Å². The Hall–Kier alpha value is -1.85. The van der Waals surface area contributed by atoms with E-state index in [-0.39, 0.29) is 5.75 Å². The maximum Gasteiger partial charge on any atom is 0.159 e. The van der Waals surface area contributed by atoms with Crippen molar-refractivity contribution in [2.45, 2.75) is 18.3 Å². The van der Waals surface area contributed by atoms with E-state index in [4.69, 9.17) is 4.74 Å². The molecule has 118 valence electrons. The third kappa shape index (κ3) is 3.87. The summed E-state index contributed by atoms with van der Waals surface area (Å²) in [5.41, 5.74) is 1.25.